The second kappa shape index (κ2) is 10.6. The lowest BCUT2D eigenvalue weighted by Crippen LogP contribution is -2.51. The van der Waals surface area contributed by atoms with Gasteiger partial charge < -0.3 is 20.0 Å². The lowest BCUT2D eigenvalue weighted by molar-refractivity contribution is -0.297. The standard InChI is InChI=1S/C26H29F6N3O4S/c1-13-9-15(24(3,25(27,28)29)26(30,31)32)6-7-18(13)20-19(22(38)35-8-4-5-14(35)2)33-21(40-20)23(39)34-11-16(36)10-17(37)12-34/h6-7,9,14,16-17,36-37H,4-5,8,10-12H2,1-3H3/t14-,16-,17+/m0/s1. The van der Waals surface area contributed by atoms with E-state index < -0.39 is 47.4 Å². The van der Waals surface area contributed by atoms with Gasteiger partial charge in [-0.25, -0.2) is 4.98 Å². The molecule has 2 aliphatic rings. The Labute approximate surface area is 230 Å². The van der Waals surface area contributed by atoms with Crippen LogP contribution in [0.4, 0.5) is 26.3 Å². The molecule has 1 aromatic carbocycles. The fourth-order valence-electron chi connectivity index (χ4n) is 5.18. The van der Waals surface area contributed by atoms with E-state index in [-0.39, 0.29) is 59.2 Å². The molecule has 220 valence electrons. The Hall–Kier alpha value is -2.71. The summed E-state index contributed by atoms with van der Waals surface area (Å²) in [6.45, 7) is 3.54. The van der Waals surface area contributed by atoms with E-state index in [1.54, 1.807) is 4.90 Å². The zero-order chi connectivity index (χ0) is 29.8. The number of thiazole rings is 1. The van der Waals surface area contributed by atoms with Crippen molar-refractivity contribution >= 4 is 23.2 Å². The number of aliphatic hydroxyl groups is 2. The lowest BCUT2D eigenvalue weighted by Gasteiger charge is -2.34. The number of aliphatic hydroxyl groups excluding tert-OH is 2. The highest BCUT2D eigenvalue weighted by Crippen LogP contribution is 2.52. The molecule has 3 atom stereocenters. The van der Waals surface area contributed by atoms with Crippen LogP contribution < -0.4 is 0 Å². The van der Waals surface area contributed by atoms with Crippen molar-refractivity contribution in [2.24, 2.45) is 0 Å². The molecule has 40 heavy (non-hydrogen) atoms. The van der Waals surface area contributed by atoms with Crippen LogP contribution >= 0.6 is 11.3 Å². The van der Waals surface area contributed by atoms with E-state index in [1.807, 2.05) is 6.92 Å². The number of aryl methyl sites for hydroxylation is 1. The molecule has 3 heterocycles. The number of likely N-dealkylation sites (tertiary alicyclic amines) is 2. The Morgan fingerprint density at radius 3 is 2.12 bits per heavy atom. The zero-order valence-electron chi connectivity index (χ0n) is 21.9. The monoisotopic (exact) mass is 593 g/mol. The minimum Gasteiger partial charge on any atom is -0.391 e. The van der Waals surface area contributed by atoms with Crippen LogP contribution in [0.1, 0.15) is 64.5 Å². The predicted molar refractivity (Wildman–Crippen MR) is 134 cm³/mol. The number of hydrogen-bond donors (Lipinski definition) is 2. The van der Waals surface area contributed by atoms with Crippen LogP contribution in [0, 0.1) is 6.92 Å². The highest BCUT2D eigenvalue weighted by Gasteiger charge is 2.68. The minimum atomic E-state index is -5.63. The van der Waals surface area contributed by atoms with Crippen molar-refractivity contribution in [2.45, 2.75) is 76.1 Å². The fraction of sp³-hybridized carbons (Fsp3) is 0.577. The third kappa shape index (κ3) is 5.32. The first-order chi connectivity index (χ1) is 18.5. The Kier molecular flexibility index (Phi) is 8.02. The summed E-state index contributed by atoms with van der Waals surface area (Å²) < 4.78 is 82.1. The summed E-state index contributed by atoms with van der Waals surface area (Å²) in [6.07, 6.45) is -11.6. The van der Waals surface area contributed by atoms with Crippen LogP contribution in [0.2, 0.25) is 0 Å². The van der Waals surface area contributed by atoms with Crippen molar-refractivity contribution in [1.82, 2.24) is 14.8 Å². The zero-order valence-corrected chi connectivity index (χ0v) is 22.8. The quantitative estimate of drug-likeness (QED) is 0.502. The molecule has 0 saturated carbocycles. The van der Waals surface area contributed by atoms with Gasteiger partial charge in [0, 0.05) is 32.1 Å². The van der Waals surface area contributed by atoms with Crippen molar-refractivity contribution in [3.8, 4) is 10.4 Å². The molecule has 2 N–H and O–H groups in total. The summed E-state index contributed by atoms with van der Waals surface area (Å²) in [6, 6.07) is 2.48. The molecule has 2 fully saturated rings. The molecular formula is C26H29F6N3O4S. The van der Waals surface area contributed by atoms with Gasteiger partial charge in [-0.05, 0) is 50.3 Å². The average molecular weight is 594 g/mol. The summed E-state index contributed by atoms with van der Waals surface area (Å²) in [7, 11) is 0. The van der Waals surface area contributed by atoms with Gasteiger partial charge in [0.2, 0.25) is 0 Å². The van der Waals surface area contributed by atoms with Gasteiger partial charge in [-0.3, -0.25) is 9.59 Å². The van der Waals surface area contributed by atoms with Gasteiger partial charge in [-0.1, -0.05) is 18.2 Å². The van der Waals surface area contributed by atoms with E-state index in [9.17, 15) is 46.1 Å². The Balaban J connectivity index is 1.81. The second-order valence-electron chi connectivity index (χ2n) is 10.6. The van der Waals surface area contributed by atoms with E-state index in [4.69, 9.17) is 0 Å². The topological polar surface area (TPSA) is 94.0 Å². The van der Waals surface area contributed by atoms with E-state index in [0.717, 1.165) is 42.4 Å². The fourth-order valence-corrected chi connectivity index (χ4v) is 6.29. The molecule has 2 aliphatic heterocycles. The van der Waals surface area contributed by atoms with Gasteiger partial charge in [-0.2, -0.15) is 26.3 Å². The van der Waals surface area contributed by atoms with Crippen molar-refractivity contribution in [3.05, 3.63) is 40.0 Å². The van der Waals surface area contributed by atoms with Gasteiger partial charge in [0.05, 0.1) is 17.1 Å². The Morgan fingerprint density at radius 1 is 1.02 bits per heavy atom. The molecule has 7 nitrogen and oxygen atoms in total. The van der Waals surface area contributed by atoms with E-state index >= 15 is 0 Å². The smallest absolute Gasteiger partial charge is 0.391 e. The minimum absolute atomic E-state index is 0.0345. The lowest BCUT2D eigenvalue weighted by atomic mass is 9.79. The third-order valence-corrected chi connectivity index (χ3v) is 8.78. The maximum absolute atomic E-state index is 13.7. The number of rotatable bonds is 4. The Bertz CT molecular complexity index is 1270. The molecule has 2 amide bonds. The first kappa shape index (κ1) is 30.3. The summed E-state index contributed by atoms with van der Waals surface area (Å²) in [5.41, 5.74) is -5.07. The number of alkyl halides is 6. The molecule has 0 aliphatic carbocycles. The molecule has 4 rings (SSSR count). The molecule has 0 unspecified atom stereocenters. The number of carbonyl (C=O) groups excluding carboxylic acids is 2. The van der Waals surface area contributed by atoms with Gasteiger partial charge in [-0.15, -0.1) is 11.3 Å². The number of piperidine rings is 1. The predicted octanol–water partition coefficient (Wildman–Crippen LogP) is 4.69. The number of halogens is 6. The third-order valence-electron chi connectivity index (χ3n) is 7.70. The number of benzene rings is 1. The molecular weight excluding hydrogens is 564 g/mol. The number of β-amino-alcohol motifs (C(OH)–C–C–N with tert-alkyl or cyclic N) is 2. The van der Waals surface area contributed by atoms with Crippen LogP contribution in [-0.4, -0.2) is 87.0 Å². The first-order valence-corrected chi connectivity index (χ1v) is 13.5. The summed E-state index contributed by atoms with van der Waals surface area (Å²) in [5, 5.41) is 19.8. The van der Waals surface area contributed by atoms with Crippen LogP contribution in [0.5, 0.6) is 0 Å². The number of carbonyl (C=O) groups is 2. The number of aromatic nitrogens is 1. The molecule has 14 heteroatoms. The van der Waals surface area contributed by atoms with Gasteiger partial charge in [0.1, 0.15) is 5.69 Å². The molecule has 0 radical (unpaired) electrons. The maximum Gasteiger partial charge on any atom is 0.406 e. The summed E-state index contributed by atoms with van der Waals surface area (Å²) in [5.74, 6) is -1.17. The summed E-state index contributed by atoms with van der Waals surface area (Å²) >= 11 is 0.786. The van der Waals surface area contributed by atoms with Crippen LogP contribution in [0.25, 0.3) is 10.4 Å². The normalized spacial score (nSPS) is 22.6. The van der Waals surface area contributed by atoms with Crippen LogP contribution in [-0.2, 0) is 5.41 Å². The molecule has 0 bridgehead atoms. The van der Waals surface area contributed by atoms with Crippen molar-refractivity contribution in [1.29, 1.82) is 0 Å². The Morgan fingerprint density at radius 2 is 1.62 bits per heavy atom. The van der Waals surface area contributed by atoms with Crippen molar-refractivity contribution in [3.63, 3.8) is 0 Å². The number of amides is 2. The molecule has 2 saturated heterocycles. The SMILES string of the molecule is Cc1cc(C(C)(C(F)(F)F)C(F)(F)F)ccc1-c1sc(C(=O)N2C[C@H](O)C[C@H](O)C2)nc1C(=O)N1CCC[C@@H]1C. The number of hydrogen-bond acceptors (Lipinski definition) is 6. The van der Waals surface area contributed by atoms with Crippen molar-refractivity contribution < 1.29 is 46.1 Å². The highest BCUT2D eigenvalue weighted by molar-refractivity contribution is 7.17. The van der Waals surface area contributed by atoms with E-state index in [0.29, 0.717) is 6.54 Å². The van der Waals surface area contributed by atoms with Crippen LogP contribution in [0.3, 0.4) is 0 Å². The van der Waals surface area contributed by atoms with Crippen molar-refractivity contribution in [2.75, 3.05) is 19.6 Å². The number of nitrogens with zero attached hydrogens (tertiary/aromatic N) is 3. The van der Waals surface area contributed by atoms with Gasteiger partial charge >= 0.3 is 12.4 Å². The molecule has 1 aromatic heterocycles. The summed E-state index contributed by atoms with van der Waals surface area (Å²) in [4.78, 5) is 34.0. The highest BCUT2D eigenvalue weighted by atomic mass is 32.1. The second-order valence-corrected chi connectivity index (χ2v) is 11.6. The van der Waals surface area contributed by atoms with Gasteiger partial charge in [0.25, 0.3) is 11.8 Å². The average Bonchev–Trinajstić information content (AvgIpc) is 3.47. The van der Waals surface area contributed by atoms with E-state index in [2.05, 4.69) is 4.98 Å². The molecule has 0 spiro atoms. The molecule has 2 aromatic rings. The first-order valence-electron chi connectivity index (χ1n) is 12.7. The van der Waals surface area contributed by atoms with E-state index in [1.165, 1.54) is 11.8 Å². The van der Waals surface area contributed by atoms with Crippen LogP contribution in [0.15, 0.2) is 18.2 Å². The maximum atomic E-state index is 13.7. The largest absolute Gasteiger partial charge is 0.406 e. The van der Waals surface area contributed by atoms with Gasteiger partial charge in [0.15, 0.2) is 10.4 Å².